The van der Waals surface area contributed by atoms with Crippen molar-refractivity contribution in [2.75, 3.05) is 10.5 Å². The van der Waals surface area contributed by atoms with Gasteiger partial charge in [-0.25, -0.2) is 12.8 Å². The Balaban J connectivity index is 2.42. The summed E-state index contributed by atoms with van der Waals surface area (Å²) in [5, 5.41) is 0. The molecule has 6 heteroatoms. The Morgan fingerprint density at radius 2 is 1.90 bits per heavy atom. The van der Waals surface area contributed by atoms with Crippen LogP contribution in [0.3, 0.4) is 0 Å². The van der Waals surface area contributed by atoms with Crippen molar-refractivity contribution in [3.63, 3.8) is 0 Å². The average Bonchev–Trinajstić information content (AvgIpc) is 2.42. The van der Waals surface area contributed by atoms with Crippen LogP contribution >= 0.6 is 0 Å². The Morgan fingerprint density at radius 1 is 1.19 bits per heavy atom. The van der Waals surface area contributed by atoms with E-state index >= 15 is 0 Å². The second kappa shape index (κ2) is 5.73. The van der Waals surface area contributed by atoms with Gasteiger partial charge in [0.15, 0.2) is 0 Å². The first kappa shape index (κ1) is 15.3. The van der Waals surface area contributed by atoms with Crippen LogP contribution in [-0.2, 0) is 16.4 Å². The maximum atomic E-state index is 13.2. The Bertz CT molecular complexity index is 773. The summed E-state index contributed by atoms with van der Waals surface area (Å²) in [6.45, 7) is 3.44. The Kier molecular flexibility index (Phi) is 4.18. The monoisotopic (exact) mass is 308 g/mol. The number of sulfonamides is 1. The maximum Gasteiger partial charge on any atom is 0.262 e. The molecule has 4 nitrogen and oxygen atoms in total. The third-order valence-electron chi connectivity index (χ3n) is 3.17. The Morgan fingerprint density at radius 3 is 2.52 bits per heavy atom. The van der Waals surface area contributed by atoms with Gasteiger partial charge in [-0.1, -0.05) is 13.0 Å². The van der Waals surface area contributed by atoms with Gasteiger partial charge >= 0.3 is 0 Å². The molecule has 0 aliphatic carbocycles. The number of nitrogens with one attached hydrogen (secondary N) is 1. The molecule has 0 heterocycles. The van der Waals surface area contributed by atoms with Crippen molar-refractivity contribution in [1.82, 2.24) is 0 Å². The molecule has 3 N–H and O–H groups in total. The highest BCUT2D eigenvalue weighted by Crippen LogP contribution is 2.23. The van der Waals surface area contributed by atoms with Crippen LogP contribution < -0.4 is 10.5 Å². The molecule has 0 bridgehead atoms. The van der Waals surface area contributed by atoms with Crippen molar-refractivity contribution in [2.24, 2.45) is 0 Å². The number of nitrogen functional groups attached to an aromatic ring is 1. The molecular formula is C15H17FN2O2S. The van der Waals surface area contributed by atoms with Crippen molar-refractivity contribution in [1.29, 1.82) is 0 Å². The van der Waals surface area contributed by atoms with E-state index in [0.29, 0.717) is 28.9 Å². The quantitative estimate of drug-likeness (QED) is 0.853. The van der Waals surface area contributed by atoms with Crippen LogP contribution in [0.15, 0.2) is 41.3 Å². The van der Waals surface area contributed by atoms with Gasteiger partial charge in [0, 0.05) is 11.4 Å². The molecule has 0 aromatic heterocycles. The van der Waals surface area contributed by atoms with Gasteiger partial charge in [-0.3, -0.25) is 4.72 Å². The van der Waals surface area contributed by atoms with Gasteiger partial charge in [-0.05, 0) is 54.8 Å². The minimum atomic E-state index is -3.76. The van der Waals surface area contributed by atoms with Crippen LogP contribution in [0.5, 0.6) is 0 Å². The summed E-state index contributed by atoms with van der Waals surface area (Å²) in [4.78, 5) is 0.145. The fraction of sp³-hybridized carbons (Fsp3) is 0.200. The van der Waals surface area contributed by atoms with Crippen molar-refractivity contribution in [3.8, 4) is 0 Å². The van der Waals surface area contributed by atoms with Crippen molar-refractivity contribution < 1.29 is 12.8 Å². The molecule has 0 saturated carbocycles. The van der Waals surface area contributed by atoms with Crippen LogP contribution in [0.25, 0.3) is 0 Å². The van der Waals surface area contributed by atoms with Gasteiger partial charge in [0.25, 0.3) is 10.0 Å². The fourth-order valence-electron chi connectivity index (χ4n) is 2.03. The van der Waals surface area contributed by atoms with E-state index in [1.54, 1.807) is 19.1 Å². The second-order valence-electron chi connectivity index (χ2n) is 4.79. The van der Waals surface area contributed by atoms with Gasteiger partial charge in [-0.2, -0.15) is 0 Å². The van der Waals surface area contributed by atoms with E-state index in [4.69, 9.17) is 5.73 Å². The zero-order valence-electron chi connectivity index (χ0n) is 11.9. The Hall–Kier alpha value is -2.08. The van der Waals surface area contributed by atoms with E-state index in [1.165, 1.54) is 24.3 Å². The largest absolute Gasteiger partial charge is 0.399 e. The topological polar surface area (TPSA) is 72.2 Å². The number of aryl methyl sites for hydroxylation is 2. The molecule has 0 unspecified atom stereocenters. The molecule has 0 aliphatic heterocycles. The van der Waals surface area contributed by atoms with Gasteiger partial charge in [0.2, 0.25) is 0 Å². The summed E-state index contributed by atoms with van der Waals surface area (Å²) in [7, 11) is -3.76. The predicted octanol–water partition coefficient (Wildman–Crippen LogP) is 3.08. The molecule has 0 amide bonds. The predicted molar refractivity (Wildman–Crippen MR) is 82.2 cm³/mol. The fourth-order valence-corrected chi connectivity index (χ4v) is 3.43. The molecule has 0 radical (unpaired) electrons. The molecule has 0 spiro atoms. The summed E-state index contributed by atoms with van der Waals surface area (Å²) in [5.74, 6) is -0.379. The van der Waals surface area contributed by atoms with Crippen LogP contribution in [-0.4, -0.2) is 8.42 Å². The molecule has 2 rings (SSSR count). The first-order valence-corrected chi connectivity index (χ1v) is 7.99. The van der Waals surface area contributed by atoms with Gasteiger partial charge < -0.3 is 5.73 Å². The van der Waals surface area contributed by atoms with E-state index in [2.05, 4.69) is 4.72 Å². The molecule has 0 aliphatic rings. The van der Waals surface area contributed by atoms with E-state index in [0.717, 1.165) is 0 Å². The molecular weight excluding hydrogens is 291 g/mol. The van der Waals surface area contributed by atoms with E-state index in [1.807, 2.05) is 6.92 Å². The normalized spacial score (nSPS) is 11.4. The van der Waals surface area contributed by atoms with Gasteiger partial charge in [-0.15, -0.1) is 0 Å². The standard InChI is InChI=1S/C15H17FN2O2S/c1-3-11-4-5-12(17)9-15(11)21(19,20)18-13-6-7-14(16)10(2)8-13/h4-9,18H,3,17H2,1-2H3. The highest BCUT2D eigenvalue weighted by atomic mass is 32.2. The van der Waals surface area contributed by atoms with Gasteiger partial charge in [0.1, 0.15) is 5.82 Å². The smallest absolute Gasteiger partial charge is 0.262 e. The number of hydrogen-bond acceptors (Lipinski definition) is 3. The molecule has 0 fully saturated rings. The minimum absolute atomic E-state index is 0.145. The lowest BCUT2D eigenvalue weighted by Gasteiger charge is -2.12. The maximum absolute atomic E-state index is 13.2. The molecule has 0 atom stereocenters. The number of anilines is 2. The number of halogens is 1. The van der Waals surface area contributed by atoms with Crippen LogP contribution in [0.2, 0.25) is 0 Å². The lowest BCUT2D eigenvalue weighted by Crippen LogP contribution is -2.15. The van der Waals surface area contributed by atoms with Crippen molar-refractivity contribution in [2.45, 2.75) is 25.2 Å². The first-order valence-electron chi connectivity index (χ1n) is 6.51. The molecule has 2 aromatic carbocycles. The van der Waals surface area contributed by atoms with E-state index in [9.17, 15) is 12.8 Å². The molecule has 2 aromatic rings. The molecule has 21 heavy (non-hydrogen) atoms. The summed E-state index contributed by atoms with van der Waals surface area (Å²) in [6.07, 6.45) is 0.568. The third-order valence-corrected chi connectivity index (χ3v) is 4.64. The van der Waals surface area contributed by atoms with Crippen molar-refractivity contribution >= 4 is 21.4 Å². The number of rotatable bonds is 4. The SMILES string of the molecule is CCc1ccc(N)cc1S(=O)(=O)Nc1ccc(F)c(C)c1. The number of benzene rings is 2. The third kappa shape index (κ3) is 3.33. The molecule has 112 valence electrons. The number of hydrogen-bond donors (Lipinski definition) is 2. The summed E-state index contributed by atoms with van der Waals surface area (Å²) >= 11 is 0. The lowest BCUT2D eigenvalue weighted by molar-refractivity contribution is 0.600. The lowest BCUT2D eigenvalue weighted by atomic mass is 10.1. The first-order chi connectivity index (χ1) is 9.83. The zero-order valence-corrected chi connectivity index (χ0v) is 12.7. The molecule has 0 saturated heterocycles. The number of nitrogens with two attached hydrogens (primary N) is 1. The Labute approximate surface area is 123 Å². The summed E-state index contributed by atoms with van der Waals surface area (Å²) < 4.78 is 40.6. The van der Waals surface area contributed by atoms with Crippen LogP contribution in [0, 0.1) is 12.7 Å². The van der Waals surface area contributed by atoms with Crippen LogP contribution in [0.1, 0.15) is 18.1 Å². The average molecular weight is 308 g/mol. The highest BCUT2D eigenvalue weighted by Gasteiger charge is 2.18. The zero-order chi connectivity index (χ0) is 15.6. The minimum Gasteiger partial charge on any atom is -0.399 e. The van der Waals surface area contributed by atoms with E-state index < -0.39 is 10.0 Å². The van der Waals surface area contributed by atoms with Crippen molar-refractivity contribution in [3.05, 3.63) is 53.3 Å². The summed E-state index contributed by atoms with van der Waals surface area (Å²) in [5.41, 5.74) is 7.42. The van der Waals surface area contributed by atoms with E-state index in [-0.39, 0.29) is 10.7 Å². The highest BCUT2D eigenvalue weighted by molar-refractivity contribution is 7.92. The van der Waals surface area contributed by atoms with Crippen LogP contribution in [0.4, 0.5) is 15.8 Å². The van der Waals surface area contributed by atoms with Gasteiger partial charge in [0.05, 0.1) is 4.90 Å². The second-order valence-corrected chi connectivity index (χ2v) is 6.44. The summed E-state index contributed by atoms with van der Waals surface area (Å²) in [6, 6.07) is 8.85.